The van der Waals surface area contributed by atoms with Gasteiger partial charge in [0.05, 0.1) is 4.88 Å². The highest BCUT2D eigenvalue weighted by molar-refractivity contribution is 7.98. The van der Waals surface area contributed by atoms with Crippen LogP contribution in [0, 0.1) is 5.82 Å². The summed E-state index contributed by atoms with van der Waals surface area (Å²) in [5, 5.41) is 11.6. The van der Waals surface area contributed by atoms with E-state index in [1.54, 1.807) is 35.2 Å². The summed E-state index contributed by atoms with van der Waals surface area (Å²) in [6.45, 7) is 0. The highest BCUT2D eigenvalue weighted by Crippen LogP contribution is 2.31. The van der Waals surface area contributed by atoms with E-state index >= 15 is 0 Å². The molecule has 3 nitrogen and oxygen atoms in total. The summed E-state index contributed by atoms with van der Waals surface area (Å²) in [4.78, 5) is 1.07. The Kier molecular flexibility index (Phi) is 4.63. The summed E-state index contributed by atoms with van der Waals surface area (Å²) in [5.41, 5.74) is 2.07. The standard InChI is InChI=1S/C19H14FN3S2/c20-15-10-8-14(9-11-15)13-25-19-22-21-18(17-7-4-12-24-17)23(19)16-5-2-1-3-6-16/h1-12H,13H2. The fourth-order valence-electron chi connectivity index (χ4n) is 2.47. The second-order valence-electron chi connectivity index (χ2n) is 5.37. The van der Waals surface area contributed by atoms with Crippen LogP contribution in [0.3, 0.4) is 0 Å². The topological polar surface area (TPSA) is 30.7 Å². The van der Waals surface area contributed by atoms with Gasteiger partial charge in [0, 0.05) is 11.4 Å². The lowest BCUT2D eigenvalue weighted by atomic mass is 10.2. The Labute approximate surface area is 153 Å². The molecule has 0 bridgehead atoms. The third kappa shape index (κ3) is 3.50. The second kappa shape index (κ2) is 7.21. The van der Waals surface area contributed by atoms with E-state index in [0.29, 0.717) is 5.75 Å². The Bertz CT molecular complexity index is 948. The van der Waals surface area contributed by atoms with Gasteiger partial charge in [-0.1, -0.05) is 48.2 Å². The maximum Gasteiger partial charge on any atom is 0.196 e. The second-order valence-corrected chi connectivity index (χ2v) is 7.26. The van der Waals surface area contributed by atoms with E-state index in [0.717, 1.165) is 27.1 Å². The molecule has 0 unspecified atom stereocenters. The average Bonchev–Trinajstić information content (AvgIpc) is 3.31. The minimum Gasteiger partial charge on any atom is -0.269 e. The number of aromatic nitrogens is 3. The molecule has 0 aliphatic carbocycles. The molecule has 0 atom stereocenters. The van der Waals surface area contributed by atoms with Gasteiger partial charge in [-0.3, -0.25) is 4.57 Å². The zero-order valence-electron chi connectivity index (χ0n) is 13.2. The predicted octanol–water partition coefficient (Wildman–Crippen LogP) is 5.43. The van der Waals surface area contributed by atoms with Crippen LogP contribution in [0.2, 0.25) is 0 Å². The van der Waals surface area contributed by atoms with Gasteiger partial charge in [0.1, 0.15) is 5.82 Å². The first-order valence-electron chi connectivity index (χ1n) is 7.73. The molecule has 0 aliphatic heterocycles. The van der Waals surface area contributed by atoms with Crippen molar-refractivity contribution in [2.24, 2.45) is 0 Å². The summed E-state index contributed by atoms with van der Waals surface area (Å²) < 4.78 is 15.1. The molecule has 0 saturated carbocycles. The maximum absolute atomic E-state index is 13.1. The highest BCUT2D eigenvalue weighted by Gasteiger charge is 2.16. The van der Waals surface area contributed by atoms with E-state index < -0.39 is 0 Å². The molecule has 6 heteroatoms. The smallest absolute Gasteiger partial charge is 0.196 e. The Morgan fingerprint density at radius 3 is 2.44 bits per heavy atom. The Morgan fingerprint density at radius 2 is 1.72 bits per heavy atom. The SMILES string of the molecule is Fc1ccc(CSc2nnc(-c3cccs3)n2-c2ccccc2)cc1. The van der Waals surface area contributed by atoms with Gasteiger partial charge in [-0.05, 0) is 41.3 Å². The van der Waals surface area contributed by atoms with Crippen LogP contribution in [-0.4, -0.2) is 14.8 Å². The van der Waals surface area contributed by atoms with Crippen molar-refractivity contribution in [2.75, 3.05) is 0 Å². The van der Waals surface area contributed by atoms with E-state index in [2.05, 4.69) is 14.8 Å². The van der Waals surface area contributed by atoms with Crippen LogP contribution in [0.25, 0.3) is 16.4 Å². The zero-order valence-corrected chi connectivity index (χ0v) is 14.8. The molecule has 0 N–H and O–H groups in total. The number of thioether (sulfide) groups is 1. The molecule has 4 rings (SSSR count). The molecule has 0 saturated heterocycles. The van der Waals surface area contributed by atoms with Crippen LogP contribution in [0.15, 0.2) is 77.3 Å². The maximum atomic E-state index is 13.1. The van der Waals surface area contributed by atoms with Gasteiger partial charge in [0.15, 0.2) is 11.0 Å². The van der Waals surface area contributed by atoms with Crippen LogP contribution < -0.4 is 0 Å². The van der Waals surface area contributed by atoms with E-state index in [-0.39, 0.29) is 5.82 Å². The van der Waals surface area contributed by atoms with E-state index in [1.165, 1.54) is 12.1 Å². The third-order valence-corrected chi connectivity index (χ3v) is 5.54. The number of hydrogen-bond acceptors (Lipinski definition) is 4. The van der Waals surface area contributed by atoms with Gasteiger partial charge in [0.2, 0.25) is 0 Å². The fourth-order valence-corrected chi connectivity index (χ4v) is 4.07. The summed E-state index contributed by atoms with van der Waals surface area (Å²) in [7, 11) is 0. The Hall–Kier alpha value is -2.44. The quantitative estimate of drug-likeness (QED) is 0.441. The van der Waals surface area contributed by atoms with Crippen molar-refractivity contribution in [1.82, 2.24) is 14.8 Å². The van der Waals surface area contributed by atoms with Gasteiger partial charge in [-0.15, -0.1) is 21.5 Å². The van der Waals surface area contributed by atoms with Crippen molar-refractivity contribution in [2.45, 2.75) is 10.9 Å². The van der Waals surface area contributed by atoms with Gasteiger partial charge in [-0.2, -0.15) is 0 Å². The van der Waals surface area contributed by atoms with Crippen molar-refractivity contribution in [3.63, 3.8) is 0 Å². The van der Waals surface area contributed by atoms with Gasteiger partial charge < -0.3 is 0 Å². The minimum absolute atomic E-state index is 0.221. The van der Waals surface area contributed by atoms with E-state index in [1.807, 2.05) is 47.8 Å². The molecule has 0 fully saturated rings. The molecule has 2 aromatic carbocycles. The summed E-state index contributed by atoms with van der Waals surface area (Å²) in [6.07, 6.45) is 0. The molecule has 25 heavy (non-hydrogen) atoms. The first-order valence-corrected chi connectivity index (χ1v) is 9.60. The number of thiophene rings is 1. The van der Waals surface area contributed by atoms with Gasteiger partial charge >= 0.3 is 0 Å². The molecule has 0 radical (unpaired) electrons. The van der Waals surface area contributed by atoms with Crippen molar-refractivity contribution in [1.29, 1.82) is 0 Å². The van der Waals surface area contributed by atoms with E-state index in [9.17, 15) is 4.39 Å². The number of nitrogens with zero attached hydrogens (tertiary/aromatic N) is 3. The summed E-state index contributed by atoms with van der Waals surface area (Å²) >= 11 is 3.23. The summed E-state index contributed by atoms with van der Waals surface area (Å²) in [5.74, 6) is 1.32. The lowest BCUT2D eigenvalue weighted by molar-refractivity contribution is 0.627. The van der Waals surface area contributed by atoms with Crippen molar-refractivity contribution in [3.8, 4) is 16.4 Å². The molecular formula is C19H14FN3S2. The Morgan fingerprint density at radius 1 is 0.920 bits per heavy atom. The molecule has 4 aromatic rings. The largest absolute Gasteiger partial charge is 0.269 e. The number of rotatable bonds is 5. The zero-order chi connectivity index (χ0) is 17.1. The number of hydrogen-bond donors (Lipinski definition) is 0. The normalized spacial score (nSPS) is 10.9. The summed E-state index contributed by atoms with van der Waals surface area (Å²) in [6, 6.07) is 20.7. The van der Waals surface area contributed by atoms with Crippen molar-refractivity contribution in [3.05, 3.63) is 83.5 Å². The average molecular weight is 367 g/mol. The van der Waals surface area contributed by atoms with Crippen LogP contribution in [-0.2, 0) is 5.75 Å². The molecule has 124 valence electrons. The van der Waals surface area contributed by atoms with Crippen LogP contribution in [0.5, 0.6) is 0 Å². The number of halogens is 1. The monoisotopic (exact) mass is 367 g/mol. The molecule has 0 spiro atoms. The van der Waals surface area contributed by atoms with Crippen LogP contribution >= 0.6 is 23.1 Å². The molecule has 2 aromatic heterocycles. The van der Waals surface area contributed by atoms with Crippen LogP contribution in [0.4, 0.5) is 4.39 Å². The Balaban J connectivity index is 1.69. The molecule has 0 amide bonds. The number of para-hydroxylation sites is 1. The molecular weight excluding hydrogens is 353 g/mol. The first kappa shape index (κ1) is 16.1. The first-order chi connectivity index (χ1) is 12.3. The predicted molar refractivity (Wildman–Crippen MR) is 101 cm³/mol. The molecule has 2 heterocycles. The van der Waals surface area contributed by atoms with E-state index in [4.69, 9.17) is 0 Å². The molecule has 0 aliphatic rings. The fraction of sp³-hybridized carbons (Fsp3) is 0.0526. The number of benzene rings is 2. The van der Waals surface area contributed by atoms with Crippen LogP contribution in [0.1, 0.15) is 5.56 Å². The van der Waals surface area contributed by atoms with Gasteiger partial charge in [0.25, 0.3) is 0 Å². The van der Waals surface area contributed by atoms with Gasteiger partial charge in [-0.25, -0.2) is 4.39 Å². The highest BCUT2D eigenvalue weighted by atomic mass is 32.2. The third-order valence-electron chi connectivity index (χ3n) is 3.67. The van der Waals surface area contributed by atoms with Crippen molar-refractivity contribution < 1.29 is 4.39 Å². The lowest BCUT2D eigenvalue weighted by Crippen LogP contribution is -1.98. The lowest BCUT2D eigenvalue weighted by Gasteiger charge is -2.09. The van der Waals surface area contributed by atoms with Crippen molar-refractivity contribution >= 4 is 23.1 Å². The minimum atomic E-state index is -0.221.